The van der Waals surface area contributed by atoms with Crippen LogP contribution in [0.25, 0.3) is 10.8 Å². The summed E-state index contributed by atoms with van der Waals surface area (Å²) in [6.45, 7) is 2.24. The van der Waals surface area contributed by atoms with Crippen molar-refractivity contribution < 1.29 is 4.52 Å². The van der Waals surface area contributed by atoms with Crippen LogP contribution in [0.4, 0.5) is 0 Å². The molecular formula is C14H18ClN3OS. The van der Waals surface area contributed by atoms with Crippen molar-refractivity contribution in [2.45, 2.75) is 44.6 Å². The second-order valence-electron chi connectivity index (χ2n) is 5.53. The summed E-state index contributed by atoms with van der Waals surface area (Å²) in [7, 11) is 0. The minimum Gasteiger partial charge on any atom is -0.333 e. The Morgan fingerprint density at radius 2 is 2.25 bits per heavy atom. The number of halogens is 1. The minimum atomic E-state index is -0.447. The van der Waals surface area contributed by atoms with Gasteiger partial charge in [-0.2, -0.15) is 4.98 Å². The molecule has 0 radical (unpaired) electrons. The lowest BCUT2D eigenvalue weighted by Crippen LogP contribution is -2.41. The zero-order chi connectivity index (χ0) is 14.2. The molecule has 108 valence electrons. The lowest BCUT2D eigenvalue weighted by Gasteiger charge is -2.34. The maximum absolute atomic E-state index is 6.49. The molecule has 2 N–H and O–H groups in total. The molecule has 2 aromatic heterocycles. The highest BCUT2D eigenvalue weighted by Gasteiger charge is 2.37. The molecule has 0 saturated heterocycles. The topological polar surface area (TPSA) is 64.9 Å². The van der Waals surface area contributed by atoms with Gasteiger partial charge < -0.3 is 10.3 Å². The second kappa shape index (κ2) is 5.47. The first-order valence-corrected chi connectivity index (χ1v) is 8.24. The van der Waals surface area contributed by atoms with E-state index in [2.05, 4.69) is 17.1 Å². The predicted molar refractivity (Wildman–Crippen MR) is 80.7 cm³/mol. The quantitative estimate of drug-likeness (QED) is 0.922. The number of aromatic nitrogens is 2. The van der Waals surface area contributed by atoms with E-state index in [1.165, 1.54) is 17.8 Å². The summed E-state index contributed by atoms with van der Waals surface area (Å²) in [5, 5.41) is 6.65. The highest BCUT2D eigenvalue weighted by atomic mass is 35.5. The Kier molecular flexibility index (Phi) is 3.84. The first-order chi connectivity index (χ1) is 9.62. The van der Waals surface area contributed by atoms with E-state index in [9.17, 15) is 0 Å². The zero-order valence-electron chi connectivity index (χ0n) is 11.4. The molecule has 0 atom stereocenters. The molecule has 3 rings (SSSR count). The van der Waals surface area contributed by atoms with Crippen LogP contribution >= 0.6 is 22.9 Å². The molecule has 0 unspecified atom stereocenters. The van der Waals surface area contributed by atoms with Crippen LogP contribution in [0, 0.1) is 5.92 Å². The van der Waals surface area contributed by atoms with E-state index >= 15 is 0 Å². The van der Waals surface area contributed by atoms with Gasteiger partial charge in [0.1, 0.15) is 4.88 Å². The summed E-state index contributed by atoms with van der Waals surface area (Å²) in [6, 6.07) is 1.83. The van der Waals surface area contributed by atoms with E-state index < -0.39 is 5.54 Å². The SMILES string of the molecule is CCC1CCC(N)(c2noc(-c3sccc3Cl)n2)CC1. The Morgan fingerprint density at radius 3 is 2.85 bits per heavy atom. The first kappa shape index (κ1) is 14.0. The molecule has 0 bridgehead atoms. The van der Waals surface area contributed by atoms with Gasteiger partial charge in [0, 0.05) is 0 Å². The standard InChI is InChI=1S/C14H18ClN3OS/c1-2-9-3-6-14(16,7-4-9)13-17-12(19-18-13)11-10(15)5-8-20-11/h5,8-9H,2-4,6-7,16H2,1H3. The molecule has 6 heteroatoms. The highest BCUT2D eigenvalue weighted by molar-refractivity contribution is 7.14. The van der Waals surface area contributed by atoms with E-state index in [0.717, 1.165) is 36.5 Å². The largest absolute Gasteiger partial charge is 0.333 e. The van der Waals surface area contributed by atoms with Crippen LogP contribution in [-0.4, -0.2) is 10.1 Å². The summed E-state index contributed by atoms with van der Waals surface area (Å²) in [5.74, 6) is 1.87. The van der Waals surface area contributed by atoms with Gasteiger partial charge in [-0.15, -0.1) is 11.3 Å². The number of nitrogens with zero attached hydrogens (tertiary/aromatic N) is 2. The molecule has 20 heavy (non-hydrogen) atoms. The van der Waals surface area contributed by atoms with Crippen LogP contribution in [0.5, 0.6) is 0 Å². The van der Waals surface area contributed by atoms with Crippen LogP contribution in [0.1, 0.15) is 44.9 Å². The van der Waals surface area contributed by atoms with E-state index in [1.54, 1.807) is 0 Å². The van der Waals surface area contributed by atoms with E-state index in [4.69, 9.17) is 21.9 Å². The third-order valence-electron chi connectivity index (χ3n) is 4.26. The number of thiophene rings is 1. The van der Waals surface area contributed by atoms with Crippen LogP contribution in [0.15, 0.2) is 16.0 Å². The third-order valence-corrected chi connectivity index (χ3v) is 5.59. The highest BCUT2D eigenvalue weighted by Crippen LogP contribution is 2.39. The average molecular weight is 312 g/mol. The molecule has 0 aromatic carbocycles. The first-order valence-electron chi connectivity index (χ1n) is 6.99. The molecule has 0 aliphatic heterocycles. The van der Waals surface area contributed by atoms with Gasteiger partial charge in [-0.1, -0.05) is 30.1 Å². The normalized spacial score (nSPS) is 26.9. The van der Waals surface area contributed by atoms with Crippen LogP contribution in [-0.2, 0) is 5.54 Å². The number of nitrogens with two attached hydrogens (primary N) is 1. The molecule has 1 fully saturated rings. The molecule has 0 amide bonds. The van der Waals surface area contributed by atoms with Crippen molar-refractivity contribution in [3.05, 3.63) is 22.3 Å². The number of rotatable bonds is 3. The lowest BCUT2D eigenvalue weighted by atomic mass is 9.76. The van der Waals surface area contributed by atoms with Crippen molar-refractivity contribution >= 4 is 22.9 Å². The van der Waals surface area contributed by atoms with Crippen molar-refractivity contribution in [1.29, 1.82) is 0 Å². The van der Waals surface area contributed by atoms with Crippen molar-refractivity contribution in [2.75, 3.05) is 0 Å². The second-order valence-corrected chi connectivity index (χ2v) is 6.85. The maximum atomic E-state index is 6.49. The van der Waals surface area contributed by atoms with Crippen molar-refractivity contribution in [3.8, 4) is 10.8 Å². The van der Waals surface area contributed by atoms with Gasteiger partial charge in [-0.25, -0.2) is 0 Å². The van der Waals surface area contributed by atoms with Gasteiger partial charge in [-0.3, -0.25) is 0 Å². The minimum absolute atomic E-state index is 0.447. The van der Waals surface area contributed by atoms with Crippen molar-refractivity contribution in [1.82, 2.24) is 10.1 Å². The summed E-state index contributed by atoms with van der Waals surface area (Å²) < 4.78 is 5.35. The smallest absolute Gasteiger partial charge is 0.269 e. The number of hydrogen-bond donors (Lipinski definition) is 1. The summed E-state index contributed by atoms with van der Waals surface area (Å²) in [4.78, 5) is 5.30. The summed E-state index contributed by atoms with van der Waals surface area (Å²) in [5.41, 5.74) is 6.04. The third kappa shape index (κ3) is 2.50. The Bertz CT molecular complexity index is 587. The molecular weight excluding hydrogens is 294 g/mol. The fourth-order valence-electron chi connectivity index (χ4n) is 2.79. The van der Waals surface area contributed by atoms with Gasteiger partial charge in [0.05, 0.1) is 10.6 Å². The molecule has 2 aromatic rings. The molecule has 0 spiro atoms. The van der Waals surface area contributed by atoms with Gasteiger partial charge >= 0.3 is 0 Å². The fourth-order valence-corrected chi connectivity index (χ4v) is 3.85. The Labute approximate surface area is 127 Å². The maximum Gasteiger partial charge on any atom is 0.269 e. The average Bonchev–Trinajstić information content (AvgIpc) is 3.08. The van der Waals surface area contributed by atoms with E-state index in [0.29, 0.717) is 16.7 Å². The van der Waals surface area contributed by atoms with Gasteiger partial charge in [-0.05, 0) is 43.0 Å². The van der Waals surface area contributed by atoms with Crippen molar-refractivity contribution in [3.63, 3.8) is 0 Å². The molecule has 1 aliphatic carbocycles. The number of hydrogen-bond acceptors (Lipinski definition) is 5. The van der Waals surface area contributed by atoms with E-state index in [-0.39, 0.29) is 0 Å². The summed E-state index contributed by atoms with van der Waals surface area (Å²) in [6.07, 6.45) is 5.33. The monoisotopic (exact) mass is 311 g/mol. The predicted octanol–water partition coefficient (Wildman–Crippen LogP) is 4.21. The van der Waals surface area contributed by atoms with Crippen LogP contribution in [0.3, 0.4) is 0 Å². The fraction of sp³-hybridized carbons (Fsp3) is 0.571. The van der Waals surface area contributed by atoms with Crippen LogP contribution < -0.4 is 5.73 Å². The Morgan fingerprint density at radius 1 is 1.50 bits per heavy atom. The Balaban J connectivity index is 1.82. The molecule has 1 saturated carbocycles. The summed E-state index contributed by atoms with van der Waals surface area (Å²) >= 11 is 7.59. The van der Waals surface area contributed by atoms with Crippen LogP contribution in [0.2, 0.25) is 5.02 Å². The van der Waals surface area contributed by atoms with Gasteiger partial charge in [0.25, 0.3) is 5.89 Å². The Hall–Kier alpha value is -0.910. The zero-order valence-corrected chi connectivity index (χ0v) is 13.0. The van der Waals surface area contributed by atoms with Crippen molar-refractivity contribution in [2.24, 2.45) is 11.7 Å². The molecule has 4 nitrogen and oxygen atoms in total. The molecule has 1 aliphatic rings. The van der Waals surface area contributed by atoms with E-state index in [1.807, 2.05) is 11.4 Å². The lowest BCUT2D eigenvalue weighted by molar-refractivity contribution is 0.216. The van der Waals surface area contributed by atoms with Gasteiger partial charge in [0.2, 0.25) is 0 Å². The van der Waals surface area contributed by atoms with Gasteiger partial charge in [0.15, 0.2) is 5.82 Å². The molecule has 2 heterocycles.